The molecule has 8 heteroatoms. The third-order valence-electron chi connectivity index (χ3n) is 1.14. The van der Waals surface area contributed by atoms with Gasteiger partial charge in [0.25, 0.3) is 0 Å². The summed E-state index contributed by atoms with van der Waals surface area (Å²) in [6, 6.07) is 0. The molecule has 0 saturated carbocycles. The van der Waals surface area contributed by atoms with Crippen molar-refractivity contribution in [1.82, 2.24) is 15.2 Å². The first-order chi connectivity index (χ1) is 5.56. The standard InChI is InChI=1S/C4H8N4O3S/c5-3-6-4(8-7-3)12(10,11)2-1-9/h9H,1-2H2,(H3,5,6,7,8). The van der Waals surface area contributed by atoms with Gasteiger partial charge in [-0.25, -0.2) is 13.5 Å². The summed E-state index contributed by atoms with van der Waals surface area (Å²) >= 11 is 0. The van der Waals surface area contributed by atoms with Crippen LogP contribution in [0, 0.1) is 0 Å². The summed E-state index contributed by atoms with van der Waals surface area (Å²) in [7, 11) is -3.55. The van der Waals surface area contributed by atoms with E-state index in [1.165, 1.54) is 0 Å². The number of sulfone groups is 1. The molecule has 7 nitrogen and oxygen atoms in total. The number of hydrogen-bond donors (Lipinski definition) is 3. The molecule has 1 aromatic heterocycles. The van der Waals surface area contributed by atoms with Crippen LogP contribution in [0.3, 0.4) is 0 Å². The number of nitrogens with zero attached hydrogens (tertiary/aromatic N) is 2. The molecular formula is C4H8N4O3S. The van der Waals surface area contributed by atoms with E-state index in [9.17, 15) is 8.42 Å². The molecule has 0 fully saturated rings. The second-order valence-corrected chi connectivity index (χ2v) is 4.07. The number of hydrogen-bond acceptors (Lipinski definition) is 6. The number of nitrogen functional groups attached to an aromatic ring is 1. The summed E-state index contributed by atoms with van der Waals surface area (Å²) in [4.78, 5) is 3.41. The molecule has 4 N–H and O–H groups in total. The van der Waals surface area contributed by atoms with E-state index in [2.05, 4.69) is 15.2 Å². The van der Waals surface area contributed by atoms with Crippen molar-refractivity contribution in [2.24, 2.45) is 0 Å². The Kier molecular flexibility index (Phi) is 2.29. The van der Waals surface area contributed by atoms with Crippen LogP contribution in [0.5, 0.6) is 0 Å². The number of anilines is 1. The molecule has 12 heavy (non-hydrogen) atoms. The van der Waals surface area contributed by atoms with E-state index in [4.69, 9.17) is 10.8 Å². The Labute approximate surface area is 68.5 Å². The first-order valence-electron chi connectivity index (χ1n) is 3.08. The maximum atomic E-state index is 11.1. The fourth-order valence-corrected chi connectivity index (χ4v) is 1.47. The van der Waals surface area contributed by atoms with Crippen LogP contribution in [0.15, 0.2) is 5.16 Å². The fourth-order valence-electron chi connectivity index (χ4n) is 0.615. The molecule has 68 valence electrons. The monoisotopic (exact) mass is 192 g/mol. The van der Waals surface area contributed by atoms with Gasteiger partial charge in [0.05, 0.1) is 12.4 Å². The van der Waals surface area contributed by atoms with Gasteiger partial charge in [-0.3, -0.25) is 0 Å². The number of aromatic nitrogens is 3. The Balaban J connectivity index is 2.98. The van der Waals surface area contributed by atoms with Crippen molar-refractivity contribution in [2.45, 2.75) is 5.16 Å². The molecule has 0 aliphatic rings. The van der Waals surface area contributed by atoms with Crippen molar-refractivity contribution < 1.29 is 13.5 Å². The minimum absolute atomic E-state index is 0.133. The molecule has 0 aliphatic carbocycles. The highest BCUT2D eigenvalue weighted by Crippen LogP contribution is 2.03. The highest BCUT2D eigenvalue weighted by molar-refractivity contribution is 7.91. The van der Waals surface area contributed by atoms with E-state index in [-0.39, 0.29) is 16.9 Å². The van der Waals surface area contributed by atoms with Crippen molar-refractivity contribution >= 4 is 15.8 Å². The quantitative estimate of drug-likeness (QED) is 0.517. The fraction of sp³-hybridized carbons (Fsp3) is 0.500. The lowest BCUT2D eigenvalue weighted by Crippen LogP contribution is -2.11. The topological polar surface area (TPSA) is 122 Å². The summed E-state index contributed by atoms with van der Waals surface area (Å²) < 4.78 is 22.2. The smallest absolute Gasteiger partial charge is 0.244 e. The molecule has 0 unspecified atom stereocenters. The molecule has 0 atom stereocenters. The summed E-state index contributed by atoms with van der Waals surface area (Å²) in [5.74, 6) is -0.520. The highest BCUT2D eigenvalue weighted by Gasteiger charge is 2.17. The van der Waals surface area contributed by atoms with Crippen molar-refractivity contribution in [2.75, 3.05) is 18.1 Å². The Hall–Kier alpha value is -1.15. The largest absolute Gasteiger partial charge is 0.395 e. The molecular weight excluding hydrogens is 184 g/mol. The second-order valence-electron chi connectivity index (χ2n) is 2.04. The van der Waals surface area contributed by atoms with E-state index < -0.39 is 16.4 Å². The molecule has 0 bridgehead atoms. The van der Waals surface area contributed by atoms with Crippen LogP contribution in [-0.2, 0) is 9.84 Å². The predicted octanol–water partition coefficient (Wildman–Crippen LogP) is -1.85. The number of rotatable bonds is 3. The van der Waals surface area contributed by atoms with Crippen molar-refractivity contribution in [1.29, 1.82) is 0 Å². The third kappa shape index (κ3) is 1.71. The first-order valence-corrected chi connectivity index (χ1v) is 4.73. The van der Waals surface area contributed by atoms with E-state index in [1.54, 1.807) is 0 Å². The molecule has 0 aliphatic heterocycles. The van der Waals surface area contributed by atoms with Crippen LogP contribution in [0.1, 0.15) is 0 Å². The average Bonchev–Trinajstić information content (AvgIpc) is 2.36. The van der Waals surface area contributed by atoms with Gasteiger partial charge >= 0.3 is 0 Å². The maximum Gasteiger partial charge on any atom is 0.244 e. The van der Waals surface area contributed by atoms with E-state index >= 15 is 0 Å². The molecule has 0 saturated heterocycles. The van der Waals surface area contributed by atoms with Gasteiger partial charge in [-0.2, -0.15) is 4.98 Å². The third-order valence-corrected chi connectivity index (χ3v) is 2.63. The zero-order chi connectivity index (χ0) is 9.19. The SMILES string of the molecule is Nc1n[nH]c(S(=O)(=O)CCO)n1. The predicted molar refractivity (Wildman–Crippen MR) is 39.9 cm³/mol. The van der Waals surface area contributed by atoms with Gasteiger partial charge in [-0.15, -0.1) is 5.10 Å². The summed E-state index contributed by atoms with van der Waals surface area (Å²) in [5, 5.41) is 13.6. The van der Waals surface area contributed by atoms with E-state index in [0.29, 0.717) is 0 Å². The lowest BCUT2D eigenvalue weighted by Gasteiger charge is -1.94. The Morgan fingerprint density at radius 2 is 2.25 bits per heavy atom. The van der Waals surface area contributed by atoms with Crippen LogP contribution in [0.4, 0.5) is 5.95 Å². The van der Waals surface area contributed by atoms with Gasteiger partial charge in [0.2, 0.25) is 20.9 Å². The van der Waals surface area contributed by atoms with E-state index in [0.717, 1.165) is 0 Å². The number of aliphatic hydroxyl groups is 1. The summed E-state index contributed by atoms with van der Waals surface area (Å²) in [6.07, 6.45) is 0. The average molecular weight is 192 g/mol. The van der Waals surface area contributed by atoms with Crippen molar-refractivity contribution in [3.8, 4) is 0 Å². The van der Waals surface area contributed by atoms with Gasteiger partial charge in [0, 0.05) is 0 Å². The van der Waals surface area contributed by atoms with Crippen LogP contribution in [-0.4, -0.2) is 41.1 Å². The van der Waals surface area contributed by atoms with Gasteiger partial charge in [-0.05, 0) is 0 Å². The number of aliphatic hydroxyl groups excluding tert-OH is 1. The highest BCUT2D eigenvalue weighted by atomic mass is 32.2. The zero-order valence-electron chi connectivity index (χ0n) is 6.06. The van der Waals surface area contributed by atoms with E-state index in [1.807, 2.05) is 0 Å². The first kappa shape index (κ1) is 8.94. The molecule has 1 heterocycles. The van der Waals surface area contributed by atoms with Gasteiger partial charge in [0.1, 0.15) is 0 Å². The Bertz CT molecular complexity index is 356. The Morgan fingerprint density at radius 3 is 2.67 bits per heavy atom. The molecule has 1 rings (SSSR count). The maximum absolute atomic E-state index is 11.1. The molecule has 0 radical (unpaired) electrons. The zero-order valence-corrected chi connectivity index (χ0v) is 6.87. The molecule has 1 aromatic rings. The number of H-pyrrole nitrogens is 1. The van der Waals surface area contributed by atoms with Crippen molar-refractivity contribution in [3.63, 3.8) is 0 Å². The lowest BCUT2D eigenvalue weighted by atomic mass is 10.9. The van der Waals surface area contributed by atoms with Crippen LogP contribution in [0.25, 0.3) is 0 Å². The second kappa shape index (κ2) is 3.07. The van der Waals surface area contributed by atoms with Crippen LogP contribution < -0.4 is 5.73 Å². The number of nitrogens with two attached hydrogens (primary N) is 1. The minimum Gasteiger partial charge on any atom is -0.395 e. The number of nitrogens with one attached hydrogen (secondary N) is 1. The normalized spacial score (nSPS) is 11.8. The van der Waals surface area contributed by atoms with Crippen molar-refractivity contribution in [3.05, 3.63) is 0 Å². The van der Waals surface area contributed by atoms with Crippen LogP contribution in [0.2, 0.25) is 0 Å². The van der Waals surface area contributed by atoms with Gasteiger partial charge in [-0.1, -0.05) is 0 Å². The summed E-state index contributed by atoms with van der Waals surface area (Å²) in [6.45, 7) is -0.455. The lowest BCUT2D eigenvalue weighted by molar-refractivity contribution is 0.319. The summed E-state index contributed by atoms with van der Waals surface area (Å²) in [5.41, 5.74) is 5.09. The Morgan fingerprint density at radius 1 is 1.58 bits per heavy atom. The van der Waals surface area contributed by atoms with Gasteiger partial charge < -0.3 is 10.8 Å². The number of aromatic amines is 1. The molecule has 0 aromatic carbocycles. The minimum atomic E-state index is -3.55. The van der Waals surface area contributed by atoms with Gasteiger partial charge in [0.15, 0.2) is 0 Å². The molecule has 0 spiro atoms. The molecule has 0 amide bonds. The van der Waals surface area contributed by atoms with Crippen LogP contribution >= 0.6 is 0 Å².